The van der Waals surface area contributed by atoms with E-state index in [1.54, 1.807) is 6.33 Å². The summed E-state index contributed by atoms with van der Waals surface area (Å²) < 4.78 is 2.27. The predicted octanol–water partition coefficient (Wildman–Crippen LogP) is 5.34. The number of para-hydroxylation sites is 1. The van der Waals surface area contributed by atoms with E-state index in [2.05, 4.69) is 89.2 Å². The quantitative estimate of drug-likeness (QED) is 0.397. The molecule has 0 bridgehead atoms. The van der Waals surface area contributed by atoms with Crippen LogP contribution in [-0.4, -0.2) is 9.97 Å². The molecule has 0 fully saturated rings. The lowest BCUT2D eigenvalue weighted by Crippen LogP contribution is -2.34. The van der Waals surface area contributed by atoms with Gasteiger partial charge < -0.3 is 0 Å². The Kier molecular flexibility index (Phi) is 3.87. The van der Waals surface area contributed by atoms with Crippen LogP contribution in [0.3, 0.4) is 0 Å². The standard InChI is InChI=1S/C25H20N3/c1-17-14-19-8-3-4-9-20(19)15-28(17)24-13-7-11-21(18(24)2)25-22-10-5-6-12-23(22)26-16-27-25/h3-16H,1-2H3/q+1. The lowest BCUT2D eigenvalue weighted by Gasteiger charge is -2.11. The van der Waals surface area contributed by atoms with Crippen LogP contribution in [0.1, 0.15) is 11.3 Å². The summed E-state index contributed by atoms with van der Waals surface area (Å²) in [5.41, 5.74) is 6.65. The van der Waals surface area contributed by atoms with E-state index in [-0.39, 0.29) is 0 Å². The third kappa shape index (κ3) is 2.64. The van der Waals surface area contributed by atoms with E-state index in [0.717, 1.165) is 22.2 Å². The van der Waals surface area contributed by atoms with Crippen molar-refractivity contribution in [2.24, 2.45) is 0 Å². The van der Waals surface area contributed by atoms with Gasteiger partial charge in [-0.1, -0.05) is 48.5 Å². The molecular formula is C25H20N3+. The second-order valence-electron chi connectivity index (χ2n) is 7.10. The molecule has 0 saturated carbocycles. The van der Waals surface area contributed by atoms with Crippen LogP contribution >= 0.6 is 0 Å². The Morgan fingerprint density at radius 3 is 2.43 bits per heavy atom. The van der Waals surface area contributed by atoms with Crippen molar-refractivity contribution in [3.8, 4) is 16.9 Å². The molecule has 0 N–H and O–H groups in total. The summed E-state index contributed by atoms with van der Waals surface area (Å²) >= 11 is 0. The lowest BCUT2D eigenvalue weighted by molar-refractivity contribution is -0.601. The number of nitrogens with zero attached hydrogens (tertiary/aromatic N) is 3. The van der Waals surface area contributed by atoms with Crippen LogP contribution in [0.4, 0.5) is 0 Å². The predicted molar refractivity (Wildman–Crippen MR) is 113 cm³/mol. The zero-order valence-electron chi connectivity index (χ0n) is 15.9. The number of pyridine rings is 1. The van der Waals surface area contributed by atoms with Gasteiger partial charge in [0.15, 0.2) is 11.9 Å². The van der Waals surface area contributed by atoms with E-state index in [9.17, 15) is 0 Å². The first kappa shape index (κ1) is 16.6. The number of hydrogen-bond donors (Lipinski definition) is 0. The van der Waals surface area contributed by atoms with Crippen LogP contribution in [0.25, 0.3) is 38.6 Å². The van der Waals surface area contributed by atoms with E-state index >= 15 is 0 Å². The number of hydrogen-bond acceptors (Lipinski definition) is 2. The molecule has 0 saturated heterocycles. The van der Waals surface area contributed by atoms with Crippen LogP contribution in [0.5, 0.6) is 0 Å². The Morgan fingerprint density at radius 2 is 1.54 bits per heavy atom. The lowest BCUT2D eigenvalue weighted by atomic mass is 10.00. The second kappa shape index (κ2) is 6.54. The van der Waals surface area contributed by atoms with Gasteiger partial charge in [-0.3, -0.25) is 0 Å². The van der Waals surface area contributed by atoms with Gasteiger partial charge in [0.2, 0.25) is 5.69 Å². The fourth-order valence-electron chi connectivity index (χ4n) is 3.92. The molecule has 5 aromatic rings. The molecule has 2 aromatic heterocycles. The van der Waals surface area contributed by atoms with Crippen LogP contribution in [0.15, 0.2) is 85.3 Å². The molecule has 0 aliphatic heterocycles. The Morgan fingerprint density at radius 1 is 0.750 bits per heavy atom. The normalized spacial score (nSPS) is 11.2. The Labute approximate surface area is 164 Å². The first-order valence-corrected chi connectivity index (χ1v) is 9.43. The van der Waals surface area contributed by atoms with Crippen molar-refractivity contribution >= 4 is 21.7 Å². The fraction of sp³-hybridized carbons (Fsp3) is 0.0800. The number of benzene rings is 3. The van der Waals surface area contributed by atoms with Crippen LogP contribution in [-0.2, 0) is 0 Å². The van der Waals surface area contributed by atoms with Crippen molar-refractivity contribution in [1.82, 2.24) is 9.97 Å². The molecule has 134 valence electrons. The second-order valence-corrected chi connectivity index (χ2v) is 7.10. The molecule has 0 atom stereocenters. The summed E-state index contributed by atoms with van der Waals surface area (Å²) in [5.74, 6) is 0. The molecule has 3 nitrogen and oxygen atoms in total. The topological polar surface area (TPSA) is 29.7 Å². The average molecular weight is 362 g/mol. The molecule has 0 radical (unpaired) electrons. The van der Waals surface area contributed by atoms with E-state index < -0.39 is 0 Å². The van der Waals surface area contributed by atoms with Gasteiger partial charge >= 0.3 is 0 Å². The third-order valence-electron chi connectivity index (χ3n) is 5.37. The minimum atomic E-state index is 0.965. The van der Waals surface area contributed by atoms with Crippen molar-refractivity contribution in [2.45, 2.75) is 13.8 Å². The average Bonchev–Trinajstić information content (AvgIpc) is 2.73. The minimum Gasteiger partial charge on any atom is -0.236 e. The molecule has 3 heteroatoms. The maximum absolute atomic E-state index is 4.62. The van der Waals surface area contributed by atoms with Gasteiger partial charge in [0.25, 0.3) is 0 Å². The first-order chi connectivity index (χ1) is 13.7. The molecule has 0 spiro atoms. The van der Waals surface area contributed by atoms with Crippen LogP contribution < -0.4 is 4.57 Å². The molecule has 0 unspecified atom stereocenters. The zero-order valence-corrected chi connectivity index (χ0v) is 15.9. The zero-order chi connectivity index (χ0) is 19.1. The molecule has 28 heavy (non-hydrogen) atoms. The molecule has 0 aliphatic carbocycles. The highest BCUT2D eigenvalue weighted by molar-refractivity contribution is 5.93. The number of rotatable bonds is 2. The summed E-state index contributed by atoms with van der Waals surface area (Å²) in [7, 11) is 0. The van der Waals surface area contributed by atoms with Gasteiger partial charge in [-0.2, -0.15) is 4.57 Å². The summed E-state index contributed by atoms with van der Waals surface area (Å²) in [6.45, 7) is 4.32. The summed E-state index contributed by atoms with van der Waals surface area (Å²) in [5, 5.41) is 3.56. The summed E-state index contributed by atoms with van der Waals surface area (Å²) in [4.78, 5) is 9.03. The smallest absolute Gasteiger partial charge is 0.214 e. The molecule has 2 heterocycles. The molecule has 3 aromatic carbocycles. The largest absolute Gasteiger partial charge is 0.236 e. The number of fused-ring (bicyclic) bond motifs is 2. The van der Waals surface area contributed by atoms with Gasteiger partial charge in [-0.05, 0) is 24.4 Å². The summed E-state index contributed by atoms with van der Waals surface area (Å²) in [6, 6.07) is 25.3. The van der Waals surface area contributed by atoms with E-state index in [1.807, 2.05) is 18.2 Å². The molecule has 0 aliphatic rings. The Balaban J connectivity index is 1.75. The van der Waals surface area contributed by atoms with Crippen molar-refractivity contribution in [2.75, 3.05) is 0 Å². The van der Waals surface area contributed by atoms with Gasteiger partial charge in [0.05, 0.1) is 11.2 Å². The van der Waals surface area contributed by atoms with Crippen LogP contribution in [0, 0.1) is 13.8 Å². The van der Waals surface area contributed by atoms with E-state index in [4.69, 9.17) is 0 Å². The van der Waals surface area contributed by atoms with Gasteiger partial charge in [0.1, 0.15) is 6.33 Å². The van der Waals surface area contributed by atoms with Crippen LogP contribution in [0.2, 0.25) is 0 Å². The molecule has 0 amide bonds. The Bertz CT molecular complexity index is 1330. The third-order valence-corrected chi connectivity index (χ3v) is 5.37. The SMILES string of the molecule is Cc1c(-c2ncnc3ccccc23)cccc1-[n+]1cc2ccccc2cc1C. The van der Waals surface area contributed by atoms with E-state index in [1.165, 1.54) is 27.7 Å². The number of aryl methyl sites for hydroxylation is 1. The highest BCUT2D eigenvalue weighted by Crippen LogP contribution is 2.29. The Hall–Kier alpha value is -3.59. The minimum absolute atomic E-state index is 0.965. The molecular weight excluding hydrogens is 342 g/mol. The number of aromatic nitrogens is 3. The van der Waals surface area contributed by atoms with Gasteiger partial charge in [-0.25, -0.2) is 9.97 Å². The maximum atomic E-state index is 4.62. The van der Waals surface area contributed by atoms with Crippen molar-refractivity contribution in [3.05, 3.63) is 96.6 Å². The highest BCUT2D eigenvalue weighted by Gasteiger charge is 2.19. The van der Waals surface area contributed by atoms with Gasteiger partial charge in [0, 0.05) is 41.0 Å². The van der Waals surface area contributed by atoms with Gasteiger partial charge in [-0.15, -0.1) is 0 Å². The van der Waals surface area contributed by atoms with E-state index in [0.29, 0.717) is 0 Å². The first-order valence-electron chi connectivity index (χ1n) is 9.43. The molecule has 5 rings (SSSR count). The highest BCUT2D eigenvalue weighted by atomic mass is 15.0. The van der Waals surface area contributed by atoms with Crippen molar-refractivity contribution in [3.63, 3.8) is 0 Å². The van der Waals surface area contributed by atoms with Crippen molar-refractivity contribution in [1.29, 1.82) is 0 Å². The maximum Gasteiger partial charge on any atom is 0.214 e. The monoisotopic (exact) mass is 362 g/mol. The fourth-order valence-corrected chi connectivity index (χ4v) is 3.92. The summed E-state index contributed by atoms with van der Waals surface area (Å²) in [6.07, 6.45) is 3.87. The van der Waals surface area contributed by atoms with Crippen molar-refractivity contribution < 1.29 is 4.57 Å².